The van der Waals surface area contributed by atoms with E-state index in [0.717, 1.165) is 16.5 Å². The Morgan fingerprint density at radius 2 is 1.67 bits per heavy atom. The number of nitrogens with one attached hydrogen (secondary N) is 4. The van der Waals surface area contributed by atoms with Crippen LogP contribution in [0.3, 0.4) is 0 Å². The molecule has 0 spiro atoms. The molecule has 12 heteroatoms. The van der Waals surface area contributed by atoms with Crippen molar-refractivity contribution in [2.24, 2.45) is 23.5 Å². The molecule has 0 radical (unpaired) electrons. The Hall–Kier alpha value is -3.93. The summed E-state index contributed by atoms with van der Waals surface area (Å²) < 4.78 is 0. The number of para-hydroxylation sites is 1. The first-order valence-electron chi connectivity index (χ1n) is 16.0. The molecule has 2 heterocycles. The average molecular weight is 627 g/mol. The lowest BCUT2D eigenvalue weighted by molar-refractivity contribution is -0.143. The number of aromatic nitrogens is 1. The molecule has 1 aliphatic heterocycles. The molecule has 0 bridgehead atoms. The van der Waals surface area contributed by atoms with E-state index in [1.165, 1.54) is 4.90 Å². The normalized spacial score (nSPS) is 18.3. The fourth-order valence-corrected chi connectivity index (χ4v) is 5.82. The monoisotopic (exact) mass is 626 g/mol. The van der Waals surface area contributed by atoms with Crippen molar-refractivity contribution in [2.75, 3.05) is 6.54 Å². The summed E-state index contributed by atoms with van der Waals surface area (Å²) in [5.74, 6) is -3.67. The maximum absolute atomic E-state index is 13.6. The molecule has 12 nitrogen and oxygen atoms in total. The molecule has 1 aliphatic rings. The summed E-state index contributed by atoms with van der Waals surface area (Å²) in [6, 6.07) is 3.07. The maximum Gasteiger partial charge on any atom is 0.326 e. The minimum atomic E-state index is -1.14. The number of hydrogen-bond acceptors (Lipinski definition) is 6. The zero-order valence-corrected chi connectivity index (χ0v) is 27.3. The van der Waals surface area contributed by atoms with Crippen LogP contribution in [0.25, 0.3) is 10.9 Å². The van der Waals surface area contributed by atoms with Crippen molar-refractivity contribution in [1.29, 1.82) is 0 Å². The molecule has 1 aromatic carbocycles. The average Bonchev–Trinajstić information content (AvgIpc) is 3.64. The zero-order chi connectivity index (χ0) is 33.4. The van der Waals surface area contributed by atoms with Gasteiger partial charge in [-0.2, -0.15) is 0 Å². The van der Waals surface area contributed by atoms with E-state index in [-0.39, 0.29) is 30.1 Å². The number of rotatable bonds is 15. The van der Waals surface area contributed by atoms with Crippen molar-refractivity contribution in [2.45, 2.75) is 104 Å². The summed E-state index contributed by atoms with van der Waals surface area (Å²) in [6.45, 7) is 11.3. The van der Waals surface area contributed by atoms with Gasteiger partial charge in [0.25, 0.3) is 0 Å². The molecule has 1 aromatic heterocycles. The van der Waals surface area contributed by atoms with E-state index in [4.69, 9.17) is 5.73 Å². The largest absolute Gasteiger partial charge is 0.480 e. The van der Waals surface area contributed by atoms with E-state index >= 15 is 0 Å². The molecular formula is C33H50N6O6. The second-order valence-corrected chi connectivity index (χ2v) is 13.0. The molecule has 0 unspecified atom stereocenters. The molecule has 45 heavy (non-hydrogen) atoms. The number of carboxylic acids is 1. The summed E-state index contributed by atoms with van der Waals surface area (Å²) in [4.78, 5) is 70.2. The van der Waals surface area contributed by atoms with Crippen LogP contribution in [0.15, 0.2) is 30.5 Å². The Bertz CT molecular complexity index is 1360. The van der Waals surface area contributed by atoms with Gasteiger partial charge >= 0.3 is 5.97 Å². The Morgan fingerprint density at radius 1 is 1.00 bits per heavy atom. The standard InChI is InChI=1S/C33H50N6O6/c1-7-20(6)28(31(42)36-25(33(44)45)15-18(2)3)38-30(41)27(19(4)5)37-29(40)26-13-10-14-39(26)32(43)23(34)16-21-17-35-24-12-9-8-11-22(21)24/h8-9,11-12,17-20,23,25-28,35H,7,10,13-16,34H2,1-6H3,(H,36,42)(H,37,40)(H,38,41)(H,44,45)/t20-,23-,25-,26-,27-,28-/m0/s1. The minimum Gasteiger partial charge on any atom is -0.480 e. The highest BCUT2D eigenvalue weighted by molar-refractivity contribution is 5.96. The van der Waals surface area contributed by atoms with Crippen LogP contribution in [0.1, 0.15) is 72.8 Å². The van der Waals surface area contributed by atoms with Gasteiger partial charge in [-0.05, 0) is 55.1 Å². The number of aliphatic carboxylic acids is 1. The number of carboxylic acid groups (broad SMARTS) is 1. The number of carbonyl (C=O) groups excluding carboxylic acids is 4. The number of fused-ring (bicyclic) bond motifs is 1. The molecule has 6 atom stereocenters. The number of amides is 4. The fourth-order valence-electron chi connectivity index (χ4n) is 5.82. The molecule has 7 N–H and O–H groups in total. The number of carbonyl (C=O) groups is 5. The van der Waals surface area contributed by atoms with Crippen LogP contribution in [0.2, 0.25) is 0 Å². The summed E-state index contributed by atoms with van der Waals surface area (Å²) in [6.07, 6.45) is 4.01. The summed E-state index contributed by atoms with van der Waals surface area (Å²) in [5.41, 5.74) is 8.24. The highest BCUT2D eigenvalue weighted by atomic mass is 16.4. The number of hydrogen-bond donors (Lipinski definition) is 6. The van der Waals surface area contributed by atoms with Crippen LogP contribution in [0, 0.1) is 17.8 Å². The van der Waals surface area contributed by atoms with Crippen LogP contribution in [-0.4, -0.2) is 81.3 Å². The highest BCUT2D eigenvalue weighted by Gasteiger charge is 2.39. The first-order valence-corrected chi connectivity index (χ1v) is 16.0. The van der Waals surface area contributed by atoms with Gasteiger partial charge in [0.1, 0.15) is 24.2 Å². The van der Waals surface area contributed by atoms with Gasteiger partial charge in [-0.25, -0.2) is 4.79 Å². The third-order valence-electron chi connectivity index (χ3n) is 8.63. The van der Waals surface area contributed by atoms with Crippen molar-refractivity contribution < 1.29 is 29.1 Å². The molecule has 248 valence electrons. The summed E-state index contributed by atoms with van der Waals surface area (Å²) >= 11 is 0. The van der Waals surface area contributed by atoms with Gasteiger partial charge < -0.3 is 36.7 Å². The number of H-pyrrole nitrogens is 1. The first kappa shape index (κ1) is 35.5. The lowest BCUT2D eigenvalue weighted by Gasteiger charge is -2.31. The van der Waals surface area contributed by atoms with Crippen LogP contribution >= 0.6 is 0 Å². The predicted molar refractivity (Wildman–Crippen MR) is 172 cm³/mol. The first-order chi connectivity index (χ1) is 21.2. The molecule has 4 amide bonds. The van der Waals surface area contributed by atoms with E-state index in [1.807, 2.05) is 51.2 Å². The van der Waals surface area contributed by atoms with Gasteiger partial charge in [0, 0.05) is 23.6 Å². The smallest absolute Gasteiger partial charge is 0.326 e. The van der Waals surface area contributed by atoms with E-state index in [1.54, 1.807) is 20.8 Å². The van der Waals surface area contributed by atoms with Crippen molar-refractivity contribution >= 4 is 40.5 Å². The summed E-state index contributed by atoms with van der Waals surface area (Å²) in [7, 11) is 0. The number of nitrogens with two attached hydrogens (primary N) is 1. The Labute approximate surface area is 265 Å². The van der Waals surface area contributed by atoms with Crippen LogP contribution in [0.4, 0.5) is 0 Å². The Balaban J connectivity index is 1.69. The fraction of sp³-hybridized carbons (Fsp3) is 0.606. The second-order valence-electron chi connectivity index (χ2n) is 13.0. The molecule has 1 saturated heterocycles. The molecular weight excluding hydrogens is 576 g/mol. The lowest BCUT2D eigenvalue weighted by atomic mass is 9.95. The topological polar surface area (TPSA) is 187 Å². The SMILES string of the molecule is CC[C@H](C)[C@H](NC(=O)[C@@H](NC(=O)[C@@H]1CCCN1C(=O)[C@@H](N)Cc1c[nH]c2ccccc12)C(C)C)C(=O)N[C@@H](CC(C)C)C(=O)O. The second kappa shape index (κ2) is 15.9. The predicted octanol–water partition coefficient (Wildman–Crippen LogP) is 2.32. The van der Waals surface area contributed by atoms with Crippen LogP contribution < -0.4 is 21.7 Å². The van der Waals surface area contributed by atoms with Crippen molar-refractivity contribution in [3.8, 4) is 0 Å². The number of nitrogens with zero attached hydrogens (tertiary/aromatic N) is 1. The van der Waals surface area contributed by atoms with Gasteiger partial charge in [-0.3, -0.25) is 19.2 Å². The molecule has 3 rings (SSSR count). The highest BCUT2D eigenvalue weighted by Crippen LogP contribution is 2.23. The van der Waals surface area contributed by atoms with Crippen molar-refractivity contribution in [3.05, 3.63) is 36.0 Å². The Kier molecular flexibility index (Phi) is 12.5. The maximum atomic E-state index is 13.6. The van der Waals surface area contributed by atoms with Crippen LogP contribution in [-0.2, 0) is 30.4 Å². The quantitative estimate of drug-likeness (QED) is 0.175. The van der Waals surface area contributed by atoms with Crippen molar-refractivity contribution in [3.63, 3.8) is 0 Å². The molecule has 0 aliphatic carbocycles. The lowest BCUT2D eigenvalue weighted by Crippen LogP contribution is -2.60. The minimum absolute atomic E-state index is 0.0358. The van der Waals surface area contributed by atoms with Gasteiger partial charge in [0.2, 0.25) is 23.6 Å². The summed E-state index contributed by atoms with van der Waals surface area (Å²) in [5, 5.41) is 18.8. The number of aromatic amines is 1. The molecule has 0 saturated carbocycles. The van der Waals surface area contributed by atoms with Gasteiger partial charge in [-0.1, -0.05) is 66.2 Å². The number of likely N-dealkylation sites (tertiary alicyclic amines) is 1. The van der Waals surface area contributed by atoms with E-state index in [9.17, 15) is 29.1 Å². The molecule has 1 fully saturated rings. The van der Waals surface area contributed by atoms with Gasteiger partial charge in [-0.15, -0.1) is 0 Å². The van der Waals surface area contributed by atoms with Crippen LogP contribution in [0.5, 0.6) is 0 Å². The zero-order valence-electron chi connectivity index (χ0n) is 27.3. The van der Waals surface area contributed by atoms with Gasteiger partial charge in [0.15, 0.2) is 0 Å². The van der Waals surface area contributed by atoms with Gasteiger partial charge in [0.05, 0.1) is 6.04 Å². The van der Waals surface area contributed by atoms with E-state index in [0.29, 0.717) is 32.2 Å². The third kappa shape index (κ3) is 9.06. The van der Waals surface area contributed by atoms with E-state index in [2.05, 4.69) is 20.9 Å². The Morgan fingerprint density at radius 3 is 2.29 bits per heavy atom. The molecule has 2 aromatic rings. The third-order valence-corrected chi connectivity index (χ3v) is 8.63. The van der Waals surface area contributed by atoms with E-state index < -0.39 is 53.9 Å². The number of benzene rings is 1. The van der Waals surface area contributed by atoms with Crippen molar-refractivity contribution in [1.82, 2.24) is 25.8 Å².